The minimum atomic E-state index is -0.789. The van der Waals surface area contributed by atoms with E-state index in [0.717, 1.165) is 24.4 Å². The fourth-order valence-electron chi connectivity index (χ4n) is 4.01. The van der Waals surface area contributed by atoms with Crippen molar-refractivity contribution in [1.29, 1.82) is 0 Å². The highest BCUT2D eigenvalue weighted by Crippen LogP contribution is 2.40. The topological polar surface area (TPSA) is 15.6 Å². The van der Waals surface area contributed by atoms with Crippen LogP contribution in [-0.4, -0.2) is 17.6 Å². The Balaban J connectivity index is 1.88. The van der Waals surface area contributed by atoms with Crippen molar-refractivity contribution in [2.75, 3.05) is 7.05 Å². The molecule has 0 spiro atoms. The maximum Gasteiger partial charge on any atom is 0.136 e. The molecule has 3 heteroatoms. The Morgan fingerprint density at radius 3 is 2.09 bits per heavy atom. The number of hydrogen-bond acceptors (Lipinski definition) is 1. The first kappa shape index (κ1) is 23.0. The number of para-hydroxylation sites is 1. The van der Waals surface area contributed by atoms with E-state index in [4.69, 9.17) is 4.99 Å². The van der Waals surface area contributed by atoms with E-state index in [1.54, 1.807) is 0 Å². The maximum absolute atomic E-state index is 5.32. The van der Waals surface area contributed by atoms with E-state index in [1.807, 2.05) is 0 Å². The Hall–Kier alpha value is -3.22. The molecular weight excluding hydrogens is 419 g/mol. The molecule has 4 rings (SSSR count). The molecule has 33 heavy (non-hydrogen) atoms. The first-order valence-corrected chi connectivity index (χ1v) is 12.8. The molecule has 3 aromatic rings. The van der Waals surface area contributed by atoms with E-state index in [9.17, 15) is 0 Å². The summed E-state index contributed by atoms with van der Waals surface area (Å²) in [4.78, 5) is 5.32. The third kappa shape index (κ3) is 5.59. The molecule has 0 bridgehead atoms. The number of likely N-dealkylation sites (N-methyl/N-ethyl adjacent to an activating group) is 1. The summed E-state index contributed by atoms with van der Waals surface area (Å²) in [7, 11) is 1.41. The van der Waals surface area contributed by atoms with Gasteiger partial charge < -0.3 is 4.67 Å². The molecule has 0 unspecified atom stereocenters. The predicted octanol–water partition coefficient (Wildman–Crippen LogP) is 7.09. The zero-order chi connectivity index (χ0) is 23.0. The van der Waals surface area contributed by atoms with Crippen LogP contribution in [0, 0.1) is 0 Å². The van der Waals surface area contributed by atoms with Crippen LogP contribution in [0.15, 0.2) is 125 Å². The Morgan fingerprint density at radius 2 is 1.45 bits per heavy atom. The molecule has 166 valence electrons. The number of aryl methyl sites for hydroxylation is 1. The molecule has 2 nitrogen and oxygen atoms in total. The van der Waals surface area contributed by atoms with Gasteiger partial charge in [-0.25, -0.2) is 4.99 Å². The van der Waals surface area contributed by atoms with Crippen LogP contribution in [0.25, 0.3) is 0 Å². The average Bonchev–Trinajstić information content (AvgIpc) is 3.08. The van der Waals surface area contributed by atoms with Gasteiger partial charge in [0.2, 0.25) is 0 Å². The number of rotatable bonds is 6. The third-order valence-corrected chi connectivity index (χ3v) is 8.12. The van der Waals surface area contributed by atoms with Gasteiger partial charge in [0.15, 0.2) is 0 Å². The number of aliphatic imine (C=N–C) groups is 1. The number of allylic oxidation sites excluding steroid dienone is 5. The highest BCUT2D eigenvalue weighted by molar-refractivity contribution is 7.71. The van der Waals surface area contributed by atoms with Crippen LogP contribution in [-0.2, 0) is 6.42 Å². The van der Waals surface area contributed by atoms with Gasteiger partial charge in [-0.15, -0.1) is 0 Å². The first-order valence-electron chi connectivity index (χ1n) is 11.5. The summed E-state index contributed by atoms with van der Waals surface area (Å²) in [5.74, 6) is 1.03. The molecule has 3 aromatic carbocycles. The van der Waals surface area contributed by atoms with Gasteiger partial charge in [-0.05, 0) is 37.0 Å². The lowest BCUT2D eigenvalue weighted by Gasteiger charge is -2.32. The summed E-state index contributed by atoms with van der Waals surface area (Å²) in [6, 6.07) is 30.1. The number of hydrogen-bond donors (Lipinski definition) is 0. The lowest BCUT2D eigenvalue weighted by Crippen LogP contribution is -2.31. The van der Waals surface area contributed by atoms with Crippen molar-refractivity contribution in [3.63, 3.8) is 0 Å². The molecule has 0 saturated heterocycles. The summed E-state index contributed by atoms with van der Waals surface area (Å²) in [5.41, 5.74) is 4.81. The molecule has 0 fully saturated rings. The van der Waals surface area contributed by atoms with Gasteiger partial charge in [0.05, 0.1) is 13.8 Å². The zero-order valence-electron chi connectivity index (χ0n) is 19.6. The van der Waals surface area contributed by atoms with E-state index in [1.165, 1.54) is 27.3 Å². The molecule has 0 heterocycles. The van der Waals surface area contributed by atoms with Gasteiger partial charge in [-0.1, -0.05) is 116 Å². The van der Waals surface area contributed by atoms with Crippen molar-refractivity contribution >= 4 is 30.2 Å². The Morgan fingerprint density at radius 1 is 0.848 bits per heavy atom. The van der Waals surface area contributed by atoms with Crippen molar-refractivity contribution in [3.05, 3.63) is 126 Å². The highest BCUT2D eigenvalue weighted by Gasteiger charge is 2.24. The van der Waals surface area contributed by atoms with Gasteiger partial charge in [0.1, 0.15) is 5.84 Å². The monoisotopic (exact) mass is 450 g/mol. The SMILES string of the molecule is CCc1ccccc1N=C(C1=CC=C(C)C=CC1)N(C)P(c1ccccc1)c1ccccc1. The van der Waals surface area contributed by atoms with E-state index in [2.05, 4.69) is 135 Å². The summed E-state index contributed by atoms with van der Waals surface area (Å²) >= 11 is 0. The van der Waals surface area contributed by atoms with E-state index < -0.39 is 8.07 Å². The summed E-state index contributed by atoms with van der Waals surface area (Å²) in [6.07, 6.45) is 10.7. The summed E-state index contributed by atoms with van der Waals surface area (Å²) < 4.78 is 2.40. The third-order valence-electron chi connectivity index (χ3n) is 5.76. The second kappa shape index (κ2) is 11.1. The van der Waals surface area contributed by atoms with E-state index in [0.29, 0.717) is 0 Å². The second-order valence-electron chi connectivity index (χ2n) is 8.13. The summed E-state index contributed by atoms with van der Waals surface area (Å²) in [5, 5.41) is 2.63. The lowest BCUT2D eigenvalue weighted by atomic mass is 10.1. The smallest absolute Gasteiger partial charge is 0.136 e. The van der Waals surface area contributed by atoms with E-state index in [-0.39, 0.29) is 0 Å². The quantitative estimate of drug-likeness (QED) is 0.222. The van der Waals surface area contributed by atoms with E-state index >= 15 is 0 Å². The minimum absolute atomic E-state index is 0.789. The van der Waals surface area contributed by atoms with Gasteiger partial charge in [0.25, 0.3) is 0 Å². The van der Waals surface area contributed by atoms with Crippen molar-refractivity contribution < 1.29 is 0 Å². The lowest BCUT2D eigenvalue weighted by molar-refractivity contribution is 0.821. The number of amidine groups is 1. The minimum Gasteiger partial charge on any atom is -0.331 e. The maximum atomic E-state index is 5.32. The first-order chi connectivity index (χ1) is 16.2. The normalized spacial score (nSPS) is 14.0. The van der Waals surface area contributed by atoms with Gasteiger partial charge >= 0.3 is 0 Å². The van der Waals surface area contributed by atoms with Crippen molar-refractivity contribution in [3.8, 4) is 0 Å². The Labute approximate surface area is 199 Å². The van der Waals surface area contributed by atoms with Gasteiger partial charge in [-0.2, -0.15) is 0 Å². The van der Waals surface area contributed by atoms with Crippen LogP contribution in [0.2, 0.25) is 0 Å². The molecule has 0 atom stereocenters. The van der Waals surface area contributed by atoms with Gasteiger partial charge in [-0.3, -0.25) is 0 Å². The van der Waals surface area contributed by atoms with Crippen molar-refractivity contribution in [1.82, 2.24) is 4.67 Å². The molecule has 0 radical (unpaired) electrons. The van der Waals surface area contributed by atoms with Gasteiger partial charge in [0, 0.05) is 17.7 Å². The second-order valence-corrected chi connectivity index (χ2v) is 10.4. The van der Waals surface area contributed by atoms with Crippen LogP contribution in [0.3, 0.4) is 0 Å². The van der Waals surface area contributed by atoms with Crippen molar-refractivity contribution in [2.24, 2.45) is 4.99 Å². The molecule has 0 aromatic heterocycles. The van der Waals surface area contributed by atoms with Crippen molar-refractivity contribution in [2.45, 2.75) is 26.7 Å². The molecule has 1 aliphatic carbocycles. The number of nitrogens with zero attached hydrogens (tertiary/aromatic N) is 2. The fourth-order valence-corrected chi connectivity index (χ4v) is 6.27. The summed E-state index contributed by atoms with van der Waals surface area (Å²) in [6.45, 7) is 4.34. The van der Waals surface area contributed by atoms with Crippen LogP contribution in [0.5, 0.6) is 0 Å². The van der Waals surface area contributed by atoms with Crippen LogP contribution in [0.1, 0.15) is 25.8 Å². The molecular formula is C30H31N2P. The van der Waals surface area contributed by atoms with Crippen LogP contribution < -0.4 is 10.6 Å². The van der Waals surface area contributed by atoms with Crippen LogP contribution >= 0.6 is 8.07 Å². The molecule has 0 saturated carbocycles. The molecule has 0 N–H and O–H groups in total. The predicted molar refractivity (Wildman–Crippen MR) is 145 cm³/mol. The largest absolute Gasteiger partial charge is 0.331 e. The zero-order valence-corrected chi connectivity index (χ0v) is 20.5. The fraction of sp³-hybridized carbons (Fsp3) is 0.167. The highest BCUT2D eigenvalue weighted by atomic mass is 31.1. The Kier molecular flexibility index (Phi) is 7.70. The number of benzene rings is 3. The Bertz CT molecular complexity index is 1150. The average molecular weight is 451 g/mol. The standard InChI is InChI=1S/C30H31N2P/c1-4-25-15-11-12-21-29(25)31-30(26-16-13-14-24(2)22-23-26)32(3)33(27-17-7-5-8-18-27)28-19-9-6-10-20-28/h5-15,17-23H,4,16H2,1-3H3. The van der Waals surface area contributed by atoms with Crippen LogP contribution in [0.4, 0.5) is 5.69 Å². The molecule has 1 aliphatic rings. The molecule has 0 amide bonds. The molecule has 0 aliphatic heterocycles.